The van der Waals surface area contributed by atoms with Crippen molar-refractivity contribution in [2.45, 2.75) is 25.9 Å². The highest BCUT2D eigenvalue weighted by Gasteiger charge is 2.31. The average Bonchev–Trinajstić information content (AvgIpc) is 2.69. The standard InChI is InChI=1S/C10H12N2O4S/c1-5-2-6-7(9(13)16-11)4-17-8(6)3-12(5)10(14)15/h4-5H,2-3,11H2,1H3,(H,14,15). The number of nitrogens with zero attached hydrogens (tertiary/aromatic N) is 1. The quantitative estimate of drug-likeness (QED) is 0.736. The molecule has 3 N–H and O–H groups in total. The molecule has 2 rings (SSSR count). The zero-order valence-corrected chi connectivity index (χ0v) is 9.99. The SMILES string of the molecule is CC1Cc2c(C(=O)ON)csc2CN1C(=O)O. The van der Waals surface area contributed by atoms with E-state index in [4.69, 9.17) is 11.0 Å². The third kappa shape index (κ3) is 1.98. The van der Waals surface area contributed by atoms with Crippen LogP contribution in [-0.4, -0.2) is 28.1 Å². The maximum Gasteiger partial charge on any atom is 0.407 e. The van der Waals surface area contributed by atoms with E-state index in [2.05, 4.69) is 4.84 Å². The Morgan fingerprint density at radius 2 is 2.35 bits per heavy atom. The fraction of sp³-hybridized carbons (Fsp3) is 0.400. The molecule has 1 aromatic heterocycles. The van der Waals surface area contributed by atoms with Gasteiger partial charge in [0, 0.05) is 16.3 Å². The number of nitrogens with two attached hydrogens (primary N) is 1. The highest BCUT2D eigenvalue weighted by molar-refractivity contribution is 7.10. The van der Waals surface area contributed by atoms with Crippen molar-refractivity contribution in [2.24, 2.45) is 5.90 Å². The van der Waals surface area contributed by atoms with Crippen LogP contribution in [0.4, 0.5) is 4.79 Å². The van der Waals surface area contributed by atoms with Gasteiger partial charge in [0.25, 0.3) is 0 Å². The molecule has 2 heterocycles. The number of carboxylic acid groups (broad SMARTS) is 1. The lowest BCUT2D eigenvalue weighted by Crippen LogP contribution is -2.41. The summed E-state index contributed by atoms with van der Waals surface area (Å²) in [5.41, 5.74) is 1.31. The summed E-state index contributed by atoms with van der Waals surface area (Å²) >= 11 is 1.36. The molecule has 17 heavy (non-hydrogen) atoms. The Balaban J connectivity index is 2.33. The maximum atomic E-state index is 11.4. The van der Waals surface area contributed by atoms with Crippen molar-refractivity contribution in [1.82, 2.24) is 4.90 Å². The molecule has 0 fully saturated rings. The van der Waals surface area contributed by atoms with E-state index in [1.807, 2.05) is 6.92 Å². The van der Waals surface area contributed by atoms with E-state index < -0.39 is 12.1 Å². The Kier molecular flexibility index (Phi) is 3.03. The molecule has 0 aromatic carbocycles. The van der Waals surface area contributed by atoms with Crippen LogP contribution in [-0.2, 0) is 17.8 Å². The molecule has 0 aliphatic carbocycles. The van der Waals surface area contributed by atoms with E-state index in [0.717, 1.165) is 10.4 Å². The lowest BCUT2D eigenvalue weighted by atomic mass is 9.98. The summed E-state index contributed by atoms with van der Waals surface area (Å²) in [6.45, 7) is 2.13. The van der Waals surface area contributed by atoms with Crippen LogP contribution in [0.3, 0.4) is 0 Å². The van der Waals surface area contributed by atoms with Crippen LogP contribution in [0, 0.1) is 0 Å². The second-order valence-corrected chi connectivity index (χ2v) is 4.88. The minimum Gasteiger partial charge on any atom is -0.465 e. The van der Waals surface area contributed by atoms with Gasteiger partial charge in [-0.15, -0.1) is 11.3 Å². The molecule has 1 aliphatic rings. The molecule has 92 valence electrons. The van der Waals surface area contributed by atoms with E-state index in [1.165, 1.54) is 16.2 Å². The van der Waals surface area contributed by atoms with E-state index in [0.29, 0.717) is 18.5 Å². The third-order valence-electron chi connectivity index (χ3n) is 2.90. The molecule has 1 atom stereocenters. The van der Waals surface area contributed by atoms with Gasteiger partial charge in [-0.3, -0.25) is 0 Å². The number of hydrogen-bond acceptors (Lipinski definition) is 5. The largest absolute Gasteiger partial charge is 0.465 e. The maximum absolute atomic E-state index is 11.4. The number of fused-ring (bicyclic) bond motifs is 1. The van der Waals surface area contributed by atoms with Crippen LogP contribution in [0.2, 0.25) is 0 Å². The third-order valence-corrected chi connectivity index (χ3v) is 3.91. The molecule has 0 radical (unpaired) electrons. The highest BCUT2D eigenvalue weighted by atomic mass is 32.1. The summed E-state index contributed by atoms with van der Waals surface area (Å²) in [6.07, 6.45) is -0.435. The molecule has 0 saturated heterocycles. The van der Waals surface area contributed by atoms with Gasteiger partial charge in [0.05, 0.1) is 12.1 Å². The van der Waals surface area contributed by atoms with Crippen LogP contribution in [0.15, 0.2) is 5.38 Å². The second-order valence-electron chi connectivity index (χ2n) is 3.92. The van der Waals surface area contributed by atoms with Crippen molar-refractivity contribution >= 4 is 23.4 Å². The van der Waals surface area contributed by atoms with Gasteiger partial charge in [0.1, 0.15) is 0 Å². The summed E-state index contributed by atoms with van der Waals surface area (Å²) in [5, 5.41) is 10.7. The normalized spacial score (nSPS) is 18.7. The van der Waals surface area contributed by atoms with Crippen LogP contribution in [0.5, 0.6) is 0 Å². The van der Waals surface area contributed by atoms with Crippen molar-refractivity contribution in [3.63, 3.8) is 0 Å². The minimum absolute atomic E-state index is 0.154. The van der Waals surface area contributed by atoms with Gasteiger partial charge in [-0.05, 0) is 18.9 Å². The van der Waals surface area contributed by atoms with Gasteiger partial charge in [-0.25, -0.2) is 9.59 Å². The predicted octanol–water partition coefficient (Wildman–Crippen LogP) is 1.20. The molecule has 1 aromatic rings. The van der Waals surface area contributed by atoms with Gasteiger partial charge in [-0.1, -0.05) is 0 Å². The Bertz CT molecular complexity index is 471. The van der Waals surface area contributed by atoms with Crippen molar-refractivity contribution in [3.05, 3.63) is 21.4 Å². The Morgan fingerprint density at radius 3 is 2.94 bits per heavy atom. The van der Waals surface area contributed by atoms with Gasteiger partial charge in [0.2, 0.25) is 0 Å². The van der Waals surface area contributed by atoms with Crippen molar-refractivity contribution in [2.75, 3.05) is 0 Å². The molecule has 0 spiro atoms. The monoisotopic (exact) mass is 256 g/mol. The first-order chi connectivity index (χ1) is 8.04. The lowest BCUT2D eigenvalue weighted by Gasteiger charge is -2.31. The smallest absolute Gasteiger partial charge is 0.407 e. The van der Waals surface area contributed by atoms with Crippen molar-refractivity contribution in [1.29, 1.82) is 0 Å². The predicted molar refractivity (Wildman–Crippen MR) is 60.7 cm³/mol. The fourth-order valence-corrected chi connectivity index (χ4v) is 3.03. The van der Waals surface area contributed by atoms with Crippen molar-refractivity contribution in [3.8, 4) is 0 Å². The molecule has 6 nitrogen and oxygen atoms in total. The van der Waals surface area contributed by atoms with Crippen LogP contribution in [0.25, 0.3) is 0 Å². The first-order valence-corrected chi connectivity index (χ1v) is 5.92. The molecule has 7 heteroatoms. The first kappa shape index (κ1) is 11.9. The van der Waals surface area contributed by atoms with Gasteiger partial charge in [-0.2, -0.15) is 5.90 Å². The minimum atomic E-state index is -0.945. The van der Waals surface area contributed by atoms with E-state index in [9.17, 15) is 9.59 Å². The molecule has 0 bridgehead atoms. The summed E-state index contributed by atoms with van der Waals surface area (Å²) < 4.78 is 0. The number of carbonyl (C=O) groups is 2. The highest BCUT2D eigenvalue weighted by Crippen LogP contribution is 2.31. The number of rotatable bonds is 1. The van der Waals surface area contributed by atoms with Gasteiger partial charge in [0.15, 0.2) is 0 Å². The number of amides is 1. The molecule has 1 aliphatic heterocycles. The molecule has 0 saturated carbocycles. The molecular weight excluding hydrogens is 244 g/mol. The zero-order chi connectivity index (χ0) is 12.6. The number of carbonyl (C=O) groups excluding carboxylic acids is 1. The van der Waals surface area contributed by atoms with Crippen LogP contribution < -0.4 is 5.90 Å². The summed E-state index contributed by atoms with van der Waals surface area (Å²) in [6, 6.07) is -0.154. The Hall–Kier alpha value is -1.60. The molecular formula is C10H12N2O4S. The molecule has 1 unspecified atom stereocenters. The van der Waals surface area contributed by atoms with Gasteiger partial charge >= 0.3 is 12.1 Å². The Morgan fingerprint density at radius 1 is 1.65 bits per heavy atom. The number of thiophene rings is 1. The van der Waals surface area contributed by atoms with Crippen LogP contribution in [0.1, 0.15) is 27.7 Å². The van der Waals surface area contributed by atoms with Gasteiger partial charge < -0.3 is 14.8 Å². The molecule has 1 amide bonds. The summed E-state index contributed by atoms with van der Waals surface area (Å²) in [7, 11) is 0. The lowest BCUT2D eigenvalue weighted by molar-refractivity contribution is 0.0502. The summed E-state index contributed by atoms with van der Waals surface area (Å²) in [5.74, 6) is 4.29. The van der Waals surface area contributed by atoms with E-state index >= 15 is 0 Å². The Labute approximate surface area is 102 Å². The second kappa shape index (κ2) is 4.34. The summed E-state index contributed by atoms with van der Waals surface area (Å²) in [4.78, 5) is 28.8. The van der Waals surface area contributed by atoms with E-state index in [-0.39, 0.29) is 6.04 Å². The van der Waals surface area contributed by atoms with E-state index in [1.54, 1.807) is 5.38 Å². The van der Waals surface area contributed by atoms with Crippen molar-refractivity contribution < 1.29 is 19.5 Å². The van der Waals surface area contributed by atoms with Crippen LogP contribution >= 0.6 is 11.3 Å². The zero-order valence-electron chi connectivity index (χ0n) is 9.17. The fourth-order valence-electron chi connectivity index (χ4n) is 1.99. The topological polar surface area (TPSA) is 92.9 Å². The average molecular weight is 256 g/mol. The number of hydrogen-bond donors (Lipinski definition) is 2. The first-order valence-electron chi connectivity index (χ1n) is 5.04.